The van der Waals surface area contributed by atoms with Gasteiger partial charge in [0.25, 0.3) is 0 Å². The normalized spacial score (nSPS) is 23.4. The van der Waals surface area contributed by atoms with Gasteiger partial charge in [0, 0.05) is 12.8 Å². The van der Waals surface area contributed by atoms with E-state index in [1.807, 2.05) is 6.07 Å². The number of ether oxygens (including phenoxy) is 1. The molecule has 0 N–H and O–H groups in total. The Hall–Kier alpha value is -1.07. The zero-order valence-corrected chi connectivity index (χ0v) is 12.7. The van der Waals surface area contributed by atoms with E-state index in [2.05, 4.69) is 4.90 Å². The van der Waals surface area contributed by atoms with Gasteiger partial charge < -0.3 is 4.74 Å². The van der Waals surface area contributed by atoms with Crippen LogP contribution in [0.5, 0.6) is 5.75 Å². The zero-order chi connectivity index (χ0) is 14.2. The van der Waals surface area contributed by atoms with Gasteiger partial charge in [-0.25, -0.2) is 8.42 Å². The first-order valence-corrected chi connectivity index (χ1v) is 9.13. The van der Waals surface area contributed by atoms with Gasteiger partial charge in [0.1, 0.15) is 11.9 Å². The quantitative estimate of drug-likeness (QED) is 0.854. The molecule has 1 saturated heterocycles. The van der Waals surface area contributed by atoms with E-state index in [1.165, 1.54) is 19.1 Å². The van der Waals surface area contributed by atoms with Crippen LogP contribution in [-0.4, -0.2) is 45.3 Å². The van der Waals surface area contributed by atoms with Gasteiger partial charge >= 0.3 is 0 Å². The Kier molecular flexibility index (Phi) is 3.73. The molecule has 0 aromatic heterocycles. The third-order valence-corrected chi connectivity index (χ3v) is 5.27. The van der Waals surface area contributed by atoms with E-state index in [4.69, 9.17) is 4.74 Å². The molecular formula is C15H21NO3S. The Bertz CT molecular complexity index is 591. The van der Waals surface area contributed by atoms with Crippen molar-refractivity contribution in [1.29, 1.82) is 0 Å². The summed E-state index contributed by atoms with van der Waals surface area (Å²) in [5, 5.41) is 0. The van der Waals surface area contributed by atoms with Crippen molar-refractivity contribution in [3.63, 3.8) is 0 Å². The lowest BCUT2D eigenvalue weighted by atomic mass is 10.0. The highest BCUT2D eigenvalue weighted by atomic mass is 32.2. The summed E-state index contributed by atoms with van der Waals surface area (Å²) < 4.78 is 29.3. The summed E-state index contributed by atoms with van der Waals surface area (Å²) in [5.41, 5.74) is 1.12. The molecule has 3 rings (SSSR count). The number of aryl methyl sites for hydroxylation is 1. The van der Waals surface area contributed by atoms with Gasteiger partial charge in [-0.3, -0.25) is 4.90 Å². The van der Waals surface area contributed by atoms with Crippen molar-refractivity contribution < 1.29 is 13.2 Å². The molecule has 0 saturated carbocycles. The highest BCUT2D eigenvalue weighted by molar-refractivity contribution is 7.90. The second-order valence-corrected chi connectivity index (χ2v) is 7.84. The first-order valence-electron chi connectivity index (χ1n) is 7.24. The fourth-order valence-electron chi connectivity index (χ4n) is 3.02. The van der Waals surface area contributed by atoms with E-state index in [1.54, 1.807) is 12.1 Å². The van der Waals surface area contributed by atoms with E-state index < -0.39 is 9.84 Å². The van der Waals surface area contributed by atoms with Crippen LogP contribution in [0, 0.1) is 0 Å². The SMILES string of the molecule is CS(=O)(=O)c1ccc2c(c1)OC(CN1CCCC1)CC2. The molecule has 2 heterocycles. The van der Waals surface area contributed by atoms with Gasteiger partial charge in [0.15, 0.2) is 9.84 Å². The van der Waals surface area contributed by atoms with Crippen molar-refractivity contribution in [2.75, 3.05) is 25.9 Å². The summed E-state index contributed by atoms with van der Waals surface area (Å²) in [6.45, 7) is 3.29. The number of rotatable bonds is 3. The van der Waals surface area contributed by atoms with Crippen LogP contribution < -0.4 is 4.74 Å². The van der Waals surface area contributed by atoms with Crippen molar-refractivity contribution in [3.05, 3.63) is 23.8 Å². The summed E-state index contributed by atoms with van der Waals surface area (Å²) in [4.78, 5) is 2.79. The molecule has 20 heavy (non-hydrogen) atoms. The van der Waals surface area contributed by atoms with Gasteiger partial charge in [0.2, 0.25) is 0 Å². The van der Waals surface area contributed by atoms with Gasteiger partial charge in [-0.05, 0) is 56.5 Å². The molecule has 2 aliphatic heterocycles. The highest BCUT2D eigenvalue weighted by Gasteiger charge is 2.24. The maximum absolute atomic E-state index is 11.6. The van der Waals surface area contributed by atoms with E-state index in [9.17, 15) is 8.42 Å². The average Bonchev–Trinajstić information content (AvgIpc) is 2.90. The van der Waals surface area contributed by atoms with Crippen LogP contribution in [0.15, 0.2) is 23.1 Å². The molecule has 0 radical (unpaired) electrons. The fraction of sp³-hybridized carbons (Fsp3) is 0.600. The van der Waals surface area contributed by atoms with E-state index in [0.29, 0.717) is 4.90 Å². The minimum atomic E-state index is -3.17. The van der Waals surface area contributed by atoms with Crippen LogP contribution >= 0.6 is 0 Å². The lowest BCUT2D eigenvalue weighted by Crippen LogP contribution is -2.36. The topological polar surface area (TPSA) is 46.6 Å². The Labute approximate surface area is 120 Å². The standard InChI is InChI=1S/C15H21NO3S/c1-20(17,18)14-7-5-12-4-6-13(19-15(12)10-14)11-16-8-2-3-9-16/h5,7,10,13H,2-4,6,8-9,11H2,1H3. The molecule has 1 aromatic carbocycles. The molecule has 1 fully saturated rings. The summed E-state index contributed by atoms with van der Waals surface area (Å²) in [6, 6.07) is 5.25. The van der Waals surface area contributed by atoms with Crippen LogP contribution in [0.4, 0.5) is 0 Å². The summed E-state index contributed by atoms with van der Waals surface area (Å²) in [7, 11) is -3.17. The minimum Gasteiger partial charge on any atom is -0.489 e. The Morgan fingerprint density at radius 2 is 2.05 bits per heavy atom. The van der Waals surface area contributed by atoms with Crippen LogP contribution in [0.3, 0.4) is 0 Å². The summed E-state index contributed by atoms with van der Waals surface area (Å²) >= 11 is 0. The summed E-state index contributed by atoms with van der Waals surface area (Å²) in [6.07, 6.45) is 5.97. The molecule has 0 aliphatic carbocycles. The molecule has 0 bridgehead atoms. The van der Waals surface area contributed by atoms with Crippen molar-refractivity contribution in [1.82, 2.24) is 4.90 Å². The predicted octanol–water partition coefficient (Wildman–Crippen LogP) is 1.88. The molecule has 4 nitrogen and oxygen atoms in total. The lowest BCUT2D eigenvalue weighted by Gasteiger charge is -2.29. The van der Waals surface area contributed by atoms with Gasteiger partial charge in [-0.1, -0.05) is 6.07 Å². The monoisotopic (exact) mass is 295 g/mol. The maximum Gasteiger partial charge on any atom is 0.175 e. The Morgan fingerprint density at radius 3 is 2.75 bits per heavy atom. The molecular weight excluding hydrogens is 274 g/mol. The van der Waals surface area contributed by atoms with E-state index >= 15 is 0 Å². The summed E-state index contributed by atoms with van der Waals surface area (Å²) in [5.74, 6) is 0.753. The van der Waals surface area contributed by atoms with E-state index in [0.717, 1.165) is 43.8 Å². The molecule has 5 heteroatoms. The second kappa shape index (κ2) is 5.37. The largest absolute Gasteiger partial charge is 0.489 e. The number of benzene rings is 1. The number of fused-ring (bicyclic) bond motifs is 1. The first-order chi connectivity index (χ1) is 9.52. The van der Waals surface area contributed by atoms with Gasteiger partial charge in [-0.15, -0.1) is 0 Å². The van der Waals surface area contributed by atoms with Crippen molar-refractivity contribution in [2.24, 2.45) is 0 Å². The van der Waals surface area contributed by atoms with Crippen molar-refractivity contribution in [3.8, 4) is 5.75 Å². The molecule has 110 valence electrons. The number of likely N-dealkylation sites (tertiary alicyclic amines) is 1. The predicted molar refractivity (Wildman–Crippen MR) is 78.0 cm³/mol. The number of nitrogens with zero attached hydrogens (tertiary/aromatic N) is 1. The number of hydrogen-bond acceptors (Lipinski definition) is 4. The molecule has 2 aliphatic rings. The van der Waals surface area contributed by atoms with Crippen molar-refractivity contribution >= 4 is 9.84 Å². The minimum absolute atomic E-state index is 0.190. The third-order valence-electron chi connectivity index (χ3n) is 4.16. The number of sulfone groups is 1. The maximum atomic E-state index is 11.6. The molecule has 1 atom stereocenters. The van der Waals surface area contributed by atoms with Crippen LogP contribution in [0.2, 0.25) is 0 Å². The van der Waals surface area contributed by atoms with Gasteiger partial charge in [0.05, 0.1) is 4.90 Å². The smallest absolute Gasteiger partial charge is 0.175 e. The van der Waals surface area contributed by atoms with Crippen LogP contribution in [-0.2, 0) is 16.3 Å². The van der Waals surface area contributed by atoms with E-state index in [-0.39, 0.29) is 6.10 Å². The second-order valence-electron chi connectivity index (χ2n) is 5.83. The Morgan fingerprint density at radius 1 is 1.30 bits per heavy atom. The average molecular weight is 295 g/mol. The Balaban J connectivity index is 1.75. The van der Waals surface area contributed by atoms with Crippen molar-refractivity contribution in [2.45, 2.75) is 36.7 Å². The first kappa shape index (κ1) is 13.9. The zero-order valence-electron chi connectivity index (χ0n) is 11.8. The van der Waals surface area contributed by atoms with Crippen LogP contribution in [0.25, 0.3) is 0 Å². The van der Waals surface area contributed by atoms with Gasteiger partial charge in [-0.2, -0.15) is 0 Å². The highest BCUT2D eigenvalue weighted by Crippen LogP contribution is 2.30. The molecule has 0 spiro atoms. The van der Waals surface area contributed by atoms with Crippen LogP contribution in [0.1, 0.15) is 24.8 Å². The number of hydrogen-bond donors (Lipinski definition) is 0. The third kappa shape index (κ3) is 2.99. The lowest BCUT2D eigenvalue weighted by molar-refractivity contribution is 0.126. The fourth-order valence-corrected chi connectivity index (χ4v) is 3.65. The molecule has 1 unspecified atom stereocenters. The molecule has 0 amide bonds. The molecule has 1 aromatic rings.